The smallest absolute Gasteiger partial charge is 0.325 e. The summed E-state index contributed by atoms with van der Waals surface area (Å²) in [5.41, 5.74) is 0.549. The first-order valence-corrected chi connectivity index (χ1v) is 6.73. The quantitative estimate of drug-likeness (QED) is 0.671. The Kier molecular flexibility index (Phi) is 6.79. The van der Waals surface area contributed by atoms with Gasteiger partial charge in [-0.3, -0.25) is 9.59 Å². The molecule has 1 heterocycles. The maximum atomic E-state index is 12.4. The van der Waals surface area contributed by atoms with Crippen LogP contribution in [0.4, 0.5) is 0 Å². The number of aromatic nitrogens is 1. The van der Waals surface area contributed by atoms with Crippen molar-refractivity contribution in [3.8, 4) is 0 Å². The van der Waals surface area contributed by atoms with Gasteiger partial charge < -0.3 is 18.9 Å². The summed E-state index contributed by atoms with van der Waals surface area (Å²) in [6.07, 6.45) is 1.82. The standard InChI is InChI=1S/C14H22N2O4/c1-4-15(11-13(17)20-5-2)14(18)12-7-6-8-16(12)9-10-19-3/h6-8H,4-5,9-11H2,1-3H3. The maximum absolute atomic E-state index is 12.4. The van der Waals surface area contributed by atoms with Gasteiger partial charge in [-0.25, -0.2) is 0 Å². The summed E-state index contributed by atoms with van der Waals surface area (Å²) >= 11 is 0. The molecule has 0 aliphatic rings. The third-order valence-electron chi connectivity index (χ3n) is 2.88. The number of carbonyl (C=O) groups is 2. The first-order valence-electron chi connectivity index (χ1n) is 6.73. The van der Waals surface area contributed by atoms with Crippen molar-refractivity contribution in [2.75, 3.05) is 33.4 Å². The number of ether oxygens (including phenoxy) is 2. The molecule has 0 unspecified atom stereocenters. The van der Waals surface area contributed by atoms with E-state index >= 15 is 0 Å². The fourth-order valence-electron chi connectivity index (χ4n) is 1.84. The molecule has 112 valence electrons. The lowest BCUT2D eigenvalue weighted by Crippen LogP contribution is -2.37. The van der Waals surface area contributed by atoms with Gasteiger partial charge in [-0.05, 0) is 26.0 Å². The van der Waals surface area contributed by atoms with Crippen molar-refractivity contribution >= 4 is 11.9 Å². The molecule has 20 heavy (non-hydrogen) atoms. The van der Waals surface area contributed by atoms with Crippen LogP contribution < -0.4 is 0 Å². The monoisotopic (exact) mass is 282 g/mol. The second-order valence-corrected chi connectivity index (χ2v) is 4.20. The van der Waals surface area contributed by atoms with Crippen LogP contribution in [0.15, 0.2) is 18.3 Å². The number of methoxy groups -OCH3 is 1. The van der Waals surface area contributed by atoms with Gasteiger partial charge in [0.05, 0.1) is 13.2 Å². The molecule has 0 aromatic carbocycles. The van der Waals surface area contributed by atoms with E-state index in [-0.39, 0.29) is 12.5 Å². The largest absolute Gasteiger partial charge is 0.465 e. The Morgan fingerprint density at radius 2 is 2.10 bits per heavy atom. The first kappa shape index (κ1) is 16.2. The summed E-state index contributed by atoms with van der Waals surface area (Å²) < 4.78 is 11.7. The van der Waals surface area contributed by atoms with Crippen molar-refractivity contribution in [3.63, 3.8) is 0 Å². The Balaban J connectivity index is 2.75. The van der Waals surface area contributed by atoms with E-state index in [2.05, 4.69) is 0 Å². The lowest BCUT2D eigenvalue weighted by atomic mass is 10.3. The minimum Gasteiger partial charge on any atom is -0.465 e. The zero-order valence-electron chi connectivity index (χ0n) is 12.3. The second kappa shape index (κ2) is 8.37. The third-order valence-corrected chi connectivity index (χ3v) is 2.88. The van der Waals surface area contributed by atoms with Gasteiger partial charge in [0.15, 0.2) is 0 Å². The van der Waals surface area contributed by atoms with Crippen molar-refractivity contribution in [1.82, 2.24) is 9.47 Å². The SMILES string of the molecule is CCOC(=O)CN(CC)C(=O)c1cccn1CCOC. The van der Waals surface area contributed by atoms with E-state index in [9.17, 15) is 9.59 Å². The number of likely N-dealkylation sites (N-methyl/N-ethyl adjacent to an activating group) is 1. The Hall–Kier alpha value is -1.82. The summed E-state index contributed by atoms with van der Waals surface area (Å²) in [4.78, 5) is 25.4. The lowest BCUT2D eigenvalue weighted by Gasteiger charge is -2.20. The van der Waals surface area contributed by atoms with Crippen LogP contribution in [0.5, 0.6) is 0 Å². The van der Waals surface area contributed by atoms with E-state index in [1.165, 1.54) is 4.90 Å². The van der Waals surface area contributed by atoms with Crippen molar-refractivity contribution in [3.05, 3.63) is 24.0 Å². The Morgan fingerprint density at radius 1 is 1.35 bits per heavy atom. The van der Waals surface area contributed by atoms with Crippen molar-refractivity contribution in [2.45, 2.75) is 20.4 Å². The summed E-state index contributed by atoms with van der Waals surface area (Å²) in [6.45, 7) is 5.44. The van der Waals surface area contributed by atoms with Crippen molar-refractivity contribution in [2.24, 2.45) is 0 Å². The van der Waals surface area contributed by atoms with Gasteiger partial charge in [0.2, 0.25) is 0 Å². The second-order valence-electron chi connectivity index (χ2n) is 4.20. The number of carbonyl (C=O) groups excluding carboxylic acids is 2. The summed E-state index contributed by atoms with van der Waals surface area (Å²) in [6, 6.07) is 3.55. The molecule has 0 radical (unpaired) electrons. The number of hydrogen-bond acceptors (Lipinski definition) is 4. The Morgan fingerprint density at radius 3 is 2.70 bits per heavy atom. The third kappa shape index (κ3) is 4.38. The number of hydrogen-bond donors (Lipinski definition) is 0. The van der Waals surface area contributed by atoms with Gasteiger partial charge in [0, 0.05) is 26.4 Å². The van der Waals surface area contributed by atoms with Gasteiger partial charge in [-0.15, -0.1) is 0 Å². The van der Waals surface area contributed by atoms with E-state index < -0.39 is 5.97 Å². The average molecular weight is 282 g/mol. The zero-order valence-corrected chi connectivity index (χ0v) is 12.3. The number of amides is 1. The van der Waals surface area contributed by atoms with Gasteiger partial charge in [0.25, 0.3) is 5.91 Å². The van der Waals surface area contributed by atoms with E-state index in [4.69, 9.17) is 9.47 Å². The average Bonchev–Trinajstić information content (AvgIpc) is 2.90. The van der Waals surface area contributed by atoms with Crippen molar-refractivity contribution < 1.29 is 19.1 Å². The molecule has 0 fully saturated rings. The normalized spacial score (nSPS) is 10.3. The van der Waals surface area contributed by atoms with E-state index in [0.29, 0.717) is 32.0 Å². The van der Waals surface area contributed by atoms with Crippen LogP contribution in [-0.4, -0.2) is 54.8 Å². The molecular formula is C14H22N2O4. The molecule has 0 aliphatic heterocycles. The van der Waals surface area contributed by atoms with Crippen LogP contribution in [-0.2, 0) is 20.8 Å². The maximum Gasteiger partial charge on any atom is 0.325 e. The summed E-state index contributed by atoms with van der Waals surface area (Å²) in [5, 5.41) is 0. The first-order chi connectivity index (χ1) is 9.63. The number of nitrogens with zero attached hydrogens (tertiary/aromatic N) is 2. The van der Waals surface area contributed by atoms with Gasteiger partial charge >= 0.3 is 5.97 Å². The molecule has 0 bridgehead atoms. The van der Waals surface area contributed by atoms with E-state index in [0.717, 1.165) is 0 Å². The van der Waals surface area contributed by atoms with Crippen LogP contribution in [0.1, 0.15) is 24.3 Å². The number of rotatable bonds is 8. The molecule has 0 spiro atoms. The molecular weight excluding hydrogens is 260 g/mol. The fraction of sp³-hybridized carbons (Fsp3) is 0.571. The predicted molar refractivity (Wildman–Crippen MR) is 74.5 cm³/mol. The van der Waals surface area contributed by atoms with Crippen LogP contribution in [0.2, 0.25) is 0 Å². The molecule has 0 saturated carbocycles. The molecule has 0 N–H and O–H groups in total. The minimum absolute atomic E-state index is 0.0291. The highest BCUT2D eigenvalue weighted by Crippen LogP contribution is 2.07. The molecule has 1 aromatic heterocycles. The molecule has 6 heteroatoms. The fourth-order valence-corrected chi connectivity index (χ4v) is 1.84. The van der Waals surface area contributed by atoms with E-state index in [1.807, 2.05) is 17.7 Å². The topological polar surface area (TPSA) is 60.8 Å². The van der Waals surface area contributed by atoms with Crippen LogP contribution in [0, 0.1) is 0 Å². The molecule has 0 saturated heterocycles. The lowest BCUT2D eigenvalue weighted by molar-refractivity contribution is -0.143. The zero-order chi connectivity index (χ0) is 15.0. The van der Waals surface area contributed by atoms with Gasteiger partial charge in [0.1, 0.15) is 12.2 Å². The number of esters is 1. The van der Waals surface area contributed by atoms with Crippen molar-refractivity contribution in [1.29, 1.82) is 0 Å². The van der Waals surface area contributed by atoms with Crippen LogP contribution >= 0.6 is 0 Å². The van der Waals surface area contributed by atoms with Crippen LogP contribution in [0.25, 0.3) is 0 Å². The summed E-state index contributed by atoms with van der Waals surface area (Å²) in [7, 11) is 1.62. The van der Waals surface area contributed by atoms with Gasteiger partial charge in [-0.1, -0.05) is 0 Å². The molecule has 1 rings (SSSR count). The predicted octanol–water partition coefficient (Wildman–Crippen LogP) is 1.16. The highest BCUT2D eigenvalue weighted by Gasteiger charge is 2.20. The molecule has 0 atom stereocenters. The molecule has 0 aliphatic carbocycles. The Labute approximate surface area is 119 Å². The van der Waals surface area contributed by atoms with E-state index in [1.54, 1.807) is 26.2 Å². The Bertz CT molecular complexity index is 442. The minimum atomic E-state index is -0.391. The van der Waals surface area contributed by atoms with Crippen LogP contribution in [0.3, 0.4) is 0 Å². The summed E-state index contributed by atoms with van der Waals surface area (Å²) in [5.74, 6) is -0.570. The highest BCUT2D eigenvalue weighted by atomic mass is 16.5. The molecule has 1 aromatic rings. The highest BCUT2D eigenvalue weighted by molar-refractivity contribution is 5.94. The molecule has 1 amide bonds. The van der Waals surface area contributed by atoms with Gasteiger partial charge in [-0.2, -0.15) is 0 Å². The molecule has 6 nitrogen and oxygen atoms in total.